The Morgan fingerprint density at radius 3 is 2.64 bits per heavy atom. The first-order valence-corrected chi connectivity index (χ1v) is 13.2. The van der Waals surface area contributed by atoms with Crippen molar-refractivity contribution in [1.29, 1.82) is 0 Å². The number of thiocarbonyl (C=S) groups is 1. The molecule has 5 rings (SSSR count). The second-order valence-corrected chi connectivity index (χ2v) is 10.2. The number of rotatable bonds is 7. The molecular formula is C29H27ClFN5O2S. The van der Waals surface area contributed by atoms with E-state index < -0.39 is 0 Å². The van der Waals surface area contributed by atoms with E-state index in [4.69, 9.17) is 23.8 Å². The molecule has 4 aromatic rings. The van der Waals surface area contributed by atoms with Crippen LogP contribution < -0.4 is 10.6 Å². The van der Waals surface area contributed by atoms with Crippen molar-refractivity contribution < 1.29 is 14.3 Å². The first-order valence-electron chi connectivity index (χ1n) is 12.4. The van der Waals surface area contributed by atoms with E-state index in [2.05, 4.69) is 21.7 Å². The highest BCUT2D eigenvalue weighted by molar-refractivity contribution is 7.80. The van der Waals surface area contributed by atoms with Gasteiger partial charge in [-0.2, -0.15) is 0 Å². The van der Waals surface area contributed by atoms with E-state index in [9.17, 15) is 14.3 Å². The average molecular weight is 564 g/mol. The molecule has 10 heteroatoms. The zero-order chi connectivity index (χ0) is 27.7. The Labute approximate surface area is 236 Å². The minimum atomic E-state index is -0.367. The molecule has 0 aliphatic carbocycles. The number of benzene rings is 2. The van der Waals surface area contributed by atoms with Crippen molar-refractivity contribution in [3.8, 4) is 11.4 Å². The lowest BCUT2D eigenvalue weighted by molar-refractivity contribution is -0.116. The fraction of sp³-hybridized carbons (Fsp3) is 0.207. The summed E-state index contributed by atoms with van der Waals surface area (Å²) in [5.41, 5.74) is 4.72. The van der Waals surface area contributed by atoms with Gasteiger partial charge in [-0.1, -0.05) is 17.7 Å². The van der Waals surface area contributed by atoms with Crippen LogP contribution in [0, 0.1) is 19.7 Å². The highest BCUT2D eigenvalue weighted by atomic mass is 35.5. The number of carbonyl (C=O) groups is 1. The summed E-state index contributed by atoms with van der Waals surface area (Å²) in [4.78, 5) is 19.4. The number of aromatic nitrogens is 2. The number of aromatic hydroxyl groups is 1. The van der Waals surface area contributed by atoms with Gasteiger partial charge in [0.1, 0.15) is 11.6 Å². The van der Waals surface area contributed by atoms with Crippen LogP contribution in [0.1, 0.15) is 41.1 Å². The number of halogens is 2. The maximum absolute atomic E-state index is 13.2. The van der Waals surface area contributed by atoms with E-state index in [1.165, 1.54) is 24.3 Å². The van der Waals surface area contributed by atoms with Crippen LogP contribution in [-0.2, 0) is 4.79 Å². The van der Waals surface area contributed by atoms with E-state index in [-0.39, 0.29) is 36.0 Å². The Morgan fingerprint density at radius 2 is 1.92 bits per heavy atom. The maximum Gasteiger partial charge on any atom is 0.226 e. The summed E-state index contributed by atoms with van der Waals surface area (Å²) in [5.74, 6) is -0.462. The highest BCUT2D eigenvalue weighted by Crippen LogP contribution is 2.42. The molecule has 3 N–H and O–H groups in total. The fourth-order valence-corrected chi connectivity index (χ4v) is 5.60. The van der Waals surface area contributed by atoms with Crippen molar-refractivity contribution in [3.05, 3.63) is 106 Å². The normalized spacial score (nSPS) is 16.8. The Bertz CT molecular complexity index is 1530. The molecule has 0 radical (unpaired) electrons. The third kappa shape index (κ3) is 5.46. The molecular weight excluding hydrogens is 537 g/mol. The molecule has 200 valence electrons. The van der Waals surface area contributed by atoms with Gasteiger partial charge in [-0.15, -0.1) is 0 Å². The van der Waals surface area contributed by atoms with Crippen molar-refractivity contribution in [2.45, 2.75) is 32.4 Å². The second kappa shape index (κ2) is 11.0. The van der Waals surface area contributed by atoms with Gasteiger partial charge >= 0.3 is 0 Å². The number of carbonyl (C=O) groups excluding carboxylic acids is 1. The smallest absolute Gasteiger partial charge is 0.226 e. The van der Waals surface area contributed by atoms with Crippen molar-refractivity contribution >= 4 is 40.5 Å². The van der Waals surface area contributed by atoms with Crippen LogP contribution in [0.5, 0.6) is 5.75 Å². The number of hydrogen-bond acceptors (Lipinski definition) is 4. The number of aryl methyl sites for hydroxylation is 1. The van der Waals surface area contributed by atoms with Gasteiger partial charge in [-0.25, -0.2) is 4.39 Å². The third-order valence-corrected chi connectivity index (χ3v) is 7.46. The third-order valence-electron chi connectivity index (χ3n) is 6.87. The van der Waals surface area contributed by atoms with Gasteiger partial charge in [-0.05, 0) is 92.3 Å². The van der Waals surface area contributed by atoms with Gasteiger partial charge < -0.3 is 25.2 Å². The summed E-state index contributed by atoms with van der Waals surface area (Å²) in [6, 6.07) is 17.9. The van der Waals surface area contributed by atoms with Crippen LogP contribution in [0.25, 0.3) is 5.69 Å². The summed E-state index contributed by atoms with van der Waals surface area (Å²) >= 11 is 12.0. The number of phenolic OH excluding ortho intramolecular Hbond substituents is 1. The van der Waals surface area contributed by atoms with Gasteiger partial charge in [0, 0.05) is 41.3 Å². The number of phenols is 1. The molecule has 2 aromatic carbocycles. The number of pyridine rings is 1. The number of nitrogens with one attached hydrogen (secondary N) is 2. The predicted molar refractivity (Wildman–Crippen MR) is 154 cm³/mol. The molecule has 0 spiro atoms. The Balaban J connectivity index is 1.48. The van der Waals surface area contributed by atoms with E-state index in [1.54, 1.807) is 24.4 Å². The van der Waals surface area contributed by atoms with E-state index in [0.717, 1.165) is 22.6 Å². The van der Waals surface area contributed by atoms with Crippen LogP contribution in [0.2, 0.25) is 5.02 Å². The molecule has 1 aliphatic heterocycles. The fourth-order valence-electron chi connectivity index (χ4n) is 5.10. The molecule has 0 saturated carbocycles. The summed E-state index contributed by atoms with van der Waals surface area (Å²) in [6.07, 6.45) is 1.90. The van der Waals surface area contributed by atoms with Crippen molar-refractivity contribution in [2.24, 2.45) is 0 Å². The molecule has 1 saturated heterocycles. The van der Waals surface area contributed by atoms with Crippen molar-refractivity contribution in [1.82, 2.24) is 19.8 Å². The minimum absolute atomic E-state index is 0.114. The molecule has 3 heterocycles. The lowest BCUT2D eigenvalue weighted by atomic mass is 9.96. The molecule has 0 unspecified atom stereocenters. The van der Waals surface area contributed by atoms with Crippen LogP contribution >= 0.6 is 23.8 Å². The van der Waals surface area contributed by atoms with Gasteiger partial charge in [0.2, 0.25) is 5.91 Å². The first-order chi connectivity index (χ1) is 18.7. The first kappa shape index (κ1) is 26.6. The quantitative estimate of drug-likeness (QED) is 0.240. The molecule has 7 nitrogen and oxygen atoms in total. The zero-order valence-electron chi connectivity index (χ0n) is 21.4. The Hall–Kier alpha value is -3.95. The van der Waals surface area contributed by atoms with Crippen molar-refractivity contribution in [2.75, 3.05) is 11.9 Å². The summed E-state index contributed by atoms with van der Waals surface area (Å²) in [7, 11) is 0. The Morgan fingerprint density at radius 1 is 1.15 bits per heavy atom. The van der Waals surface area contributed by atoms with Gasteiger partial charge in [0.05, 0.1) is 23.5 Å². The maximum atomic E-state index is 13.2. The molecule has 1 fully saturated rings. The molecule has 39 heavy (non-hydrogen) atoms. The molecule has 2 atom stereocenters. The number of nitrogens with zero attached hydrogens (tertiary/aromatic N) is 3. The van der Waals surface area contributed by atoms with E-state index in [1.807, 2.05) is 41.5 Å². The minimum Gasteiger partial charge on any atom is -0.506 e. The molecule has 1 aliphatic rings. The lowest BCUT2D eigenvalue weighted by Crippen LogP contribution is -2.32. The monoisotopic (exact) mass is 563 g/mol. The summed E-state index contributed by atoms with van der Waals surface area (Å²) in [6.45, 7) is 4.30. The second-order valence-electron chi connectivity index (χ2n) is 9.42. The average Bonchev–Trinajstić information content (AvgIpc) is 3.40. The van der Waals surface area contributed by atoms with Crippen LogP contribution in [0.4, 0.5) is 10.1 Å². The number of amides is 1. The van der Waals surface area contributed by atoms with Crippen LogP contribution in [-0.4, -0.2) is 37.1 Å². The van der Waals surface area contributed by atoms with Gasteiger partial charge in [0.15, 0.2) is 5.11 Å². The van der Waals surface area contributed by atoms with E-state index in [0.29, 0.717) is 28.1 Å². The van der Waals surface area contributed by atoms with Crippen LogP contribution in [0.15, 0.2) is 72.9 Å². The molecule has 1 amide bonds. The van der Waals surface area contributed by atoms with Crippen molar-refractivity contribution in [3.63, 3.8) is 0 Å². The van der Waals surface area contributed by atoms with Crippen LogP contribution in [0.3, 0.4) is 0 Å². The zero-order valence-corrected chi connectivity index (χ0v) is 22.9. The van der Waals surface area contributed by atoms with E-state index >= 15 is 0 Å². The standard InChI is InChI=1S/C29H27ClFN5O2S/c1-17-15-22(18(2)36(17)24-16-19(30)6-11-25(24)37)28-27(23-5-3-4-13-32-23)34-29(39)35(28)14-12-26(38)33-21-9-7-20(31)8-10-21/h3-11,13,15-16,27-28,37H,12,14H2,1-2H3,(H,33,38)(H,34,39)/t27-,28-/m0/s1. The highest BCUT2D eigenvalue weighted by Gasteiger charge is 2.41. The topological polar surface area (TPSA) is 82.4 Å². The predicted octanol–water partition coefficient (Wildman–Crippen LogP) is 5.99. The largest absolute Gasteiger partial charge is 0.506 e. The Kier molecular flexibility index (Phi) is 7.54. The molecule has 2 aromatic heterocycles. The SMILES string of the molecule is Cc1cc([C@H]2[C@H](c3ccccn3)NC(=S)N2CCC(=O)Nc2ccc(F)cc2)c(C)n1-c1cc(Cl)ccc1O. The molecule has 0 bridgehead atoms. The lowest BCUT2D eigenvalue weighted by Gasteiger charge is -2.28. The van der Waals surface area contributed by atoms with Gasteiger partial charge in [0.25, 0.3) is 0 Å². The summed E-state index contributed by atoms with van der Waals surface area (Å²) in [5, 5.41) is 17.9. The number of anilines is 1. The van der Waals surface area contributed by atoms with Gasteiger partial charge in [-0.3, -0.25) is 9.78 Å². The summed E-state index contributed by atoms with van der Waals surface area (Å²) < 4.78 is 15.2. The number of hydrogen-bond donors (Lipinski definition) is 3.